The molecule has 4 aromatic heterocycles. The van der Waals surface area contributed by atoms with Gasteiger partial charge in [0.05, 0.1) is 16.7 Å². The standard InChI is InChI=1S/C28H27N5.C2H6/c1-6-9-23(26-10-7-8-13-30-26)24-15-27(31-21(24)5)28-20(4)25(32-33-28)12-11-19(3)22-14-18(2)16-29-17-22;1-2/h6-17,31-32H,1,4H2,2-3,5H3;1-2H3/b19-11+,23-9+,25-12+;. The second-order valence-electron chi connectivity index (χ2n) is 7.98. The summed E-state index contributed by atoms with van der Waals surface area (Å²) in [5.41, 5.74) is 9.02. The maximum Gasteiger partial charge on any atom is 0.116 e. The maximum absolute atomic E-state index is 4.54. The van der Waals surface area contributed by atoms with Gasteiger partial charge in [-0.3, -0.25) is 15.1 Å². The van der Waals surface area contributed by atoms with E-state index in [0.717, 1.165) is 61.2 Å². The van der Waals surface area contributed by atoms with Crippen molar-refractivity contribution in [1.29, 1.82) is 0 Å². The Kier molecular flexibility index (Phi) is 8.52. The lowest BCUT2D eigenvalue weighted by Gasteiger charge is -2.05. The number of hydrogen-bond donors (Lipinski definition) is 2. The summed E-state index contributed by atoms with van der Waals surface area (Å²) >= 11 is 0. The van der Waals surface area contributed by atoms with E-state index in [1.54, 1.807) is 12.3 Å². The number of rotatable bonds is 6. The molecule has 2 N–H and O–H groups in total. The fourth-order valence-electron chi connectivity index (χ4n) is 3.73. The minimum Gasteiger partial charge on any atom is -0.357 e. The van der Waals surface area contributed by atoms with Gasteiger partial charge in [-0.1, -0.05) is 51.3 Å². The molecular weight excluding hydrogens is 430 g/mol. The summed E-state index contributed by atoms with van der Waals surface area (Å²) in [7, 11) is 0. The van der Waals surface area contributed by atoms with Crippen LogP contribution in [0.4, 0.5) is 0 Å². The zero-order chi connectivity index (χ0) is 25.4. The highest BCUT2D eigenvalue weighted by atomic mass is 15.1. The fraction of sp³-hybridized carbons (Fsp3) is 0.167. The molecule has 4 heterocycles. The van der Waals surface area contributed by atoms with Gasteiger partial charge in [-0.25, -0.2) is 0 Å². The number of nitrogens with zero attached hydrogens (tertiary/aromatic N) is 3. The Balaban J connectivity index is 0.00000167. The molecule has 0 aliphatic carbocycles. The normalized spacial score (nSPS) is 12.3. The number of nitrogens with one attached hydrogen (secondary N) is 2. The van der Waals surface area contributed by atoms with Gasteiger partial charge < -0.3 is 4.98 Å². The first-order valence-corrected chi connectivity index (χ1v) is 11.8. The van der Waals surface area contributed by atoms with Crippen LogP contribution in [0.5, 0.6) is 0 Å². The summed E-state index contributed by atoms with van der Waals surface area (Å²) < 4.78 is 0. The Hall–Kier alpha value is -4.25. The summed E-state index contributed by atoms with van der Waals surface area (Å²) in [5, 5.41) is 9.35. The SMILES string of the molecule is C=C/C=C(/c1ccccn1)c1cc(-c2n[nH]/c(=C/C=C(\C)c3cncc(C)c3)c2=C)[nH]c1C.CC. The van der Waals surface area contributed by atoms with E-state index in [2.05, 4.69) is 63.4 Å². The predicted octanol–water partition coefficient (Wildman–Crippen LogP) is 5.75. The van der Waals surface area contributed by atoms with E-state index >= 15 is 0 Å². The van der Waals surface area contributed by atoms with Gasteiger partial charge in [-0.15, -0.1) is 0 Å². The summed E-state index contributed by atoms with van der Waals surface area (Å²) in [6.07, 6.45) is 13.3. The van der Waals surface area contributed by atoms with Crippen molar-refractivity contribution >= 4 is 23.8 Å². The van der Waals surface area contributed by atoms with Gasteiger partial charge in [0.15, 0.2) is 0 Å². The highest BCUT2D eigenvalue weighted by molar-refractivity contribution is 5.82. The molecule has 5 nitrogen and oxygen atoms in total. The summed E-state index contributed by atoms with van der Waals surface area (Å²) in [5.74, 6) is 0. The van der Waals surface area contributed by atoms with E-state index in [1.807, 2.05) is 70.4 Å². The van der Waals surface area contributed by atoms with Crippen LogP contribution >= 0.6 is 0 Å². The smallest absolute Gasteiger partial charge is 0.116 e. The molecule has 4 rings (SSSR count). The molecule has 35 heavy (non-hydrogen) atoms. The Morgan fingerprint density at radius 1 is 1.06 bits per heavy atom. The zero-order valence-electron chi connectivity index (χ0n) is 21.2. The Bertz CT molecular complexity index is 1470. The van der Waals surface area contributed by atoms with E-state index < -0.39 is 0 Å². The lowest BCUT2D eigenvalue weighted by atomic mass is 10.0. The Morgan fingerprint density at radius 2 is 1.86 bits per heavy atom. The molecule has 0 aliphatic heterocycles. The molecule has 0 radical (unpaired) electrons. The van der Waals surface area contributed by atoms with Crippen LogP contribution in [0.2, 0.25) is 0 Å². The number of H-pyrrole nitrogens is 2. The van der Waals surface area contributed by atoms with E-state index in [9.17, 15) is 0 Å². The van der Waals surface area contributed by atoms with Gasteiger partial charge in [-0.05, 0) is 67.8 Å². The third-order valence-electron chi connectivity index (χ3n) is 5.51. The molecule has 0 fully saturated rings. The van der Waals surface area contributed by atoms with Crippen LogP contribution in [0.1, 0.15) is 48.8 Å². The first-order chi connectivity index (χ1) is 17.0. The maximum atomic E-state index is 4.54. The van der Waals surface area contributed by atoms with Crippen molar-refractivity contribution in [3.63, 3.8) is 0 Å². The molecule has 0 atom stereocenters. The summed E-state index contributed by atoms with van der Waals surface area (Å²) in [6.45, 7) is 18.3. The van der Waals surface area contributed by atoms with E-state index in [0.29, 0.717) is 0 Å². The van der Waals surface area contributed by atoms with Crippen molar-refractivity contribution in [3.05, 3.63) is 112 Å². The number of aryl methyl sites for hydroxylation is 2. The highest BCUT2D eigenvalue weighted by Crippen LogP contribution is 2.28. The minimum atomic E-state index is 0.790. The first kappa shape index (κ1) is 25.4. The van der Waals surface area contributed by atoms with Crippen LogP contribution in [0.15, 0.2) is 73.7 Å². The monoisotopic (exact) mass is 463 g/mol. The third kappa shape index (κ3) is 5.82. The average Bonchev–Trinajstić information content (AvgIpc) is 3.44. The van der Waals surface area contributed by atoms with Crippen molar-refractivity contribution in [2.45, 2.75) is 34.6 Å². The second-order valence-corrected chi connectivity index (χ2v) is 7.98. The van der Waals surface area contributed by atoms with Crippen LogP contribution in [-0.2, 0) is 0 Å². The molecule has 0 amide bonds. The molecule has 0 saturated heterocycles. The van der Waals surface area contributed by atoms with Crippen LogP contribution in [-0.4, -0.2) is 25.1 Å². The third-order valence-corrected chi connectivity index (χ3v) is 5.51. The van der Waals surface area contributed by atoms with Gasteiger partial charge in [0.25, 0.3) is 0 Å². The van der Waals surface area contributed by atoms with Crippen molar-refractivity contribution < 1.29 is 0 Å². The van der Waals surface area contributed by atoms with Crippen molar-refractivity contribution in [1.82, 2.24) is 25.1 Å². The molecule has 4 aromatic rings. The quantitative estimate of drug-likeness (QED) is 0.358. The van der Waals surface area contributed by atoms with Crippen molar-refractivity contribution in [3.8, 4) is 11.4 Å². The molecule has 0 spiro atoms. The number of hydrogen-bond acceptors (Lipinski definition) is 3. The number of aromatic amines is 2. The molecule has 0 aromatic carbocycles. The molecule has 0 aliphatic rings. The fourth-order valence-corrected chi connectivity index (χ4v) is 3.73. The second kappa shape index (κ2) is 11.7. The van der Waals surface area contributed by atoms with Gasteiger partial charge in [0.1, 0.15) is 5.69 Å². The number of allylic oxidation sites excluding steroid dienone is 4. The minimum absolute atomic E-state index is 0.790. The largest absolute Gasteiger partial charge is 0.357 e. The zero-order valence-corrected chi connectivity index (χ0v) is 21.2. The lowest BCUT2D eigenvalue weighted by Crippen LogP contribution is -2.21. The highest BCUT2D eigenvalue weighted by Gasteiger charge is 2.14. The Morgan fingerprint density at radius 3 is 2.54 bits per heavy atom. The van der Waals surface area contributed by atoms with E-state index in [4.69, 9.17) is 0 Å². The molecular formula is C30H33N5. The molecule has 5 heteroatoms. The van der Waals surface area contributed by atoms with E-state index in [1.165, 1.54) is 0 Å². The predicted molar refractivity (Wildman–Crippen MR) is 148 cm³/mol. The van der Waals surface area contributed by atoms with Crippen LogP contribution in [0.25, 0.3) is 35.2 Å². The first-order valence-electron chi connectivity index (χ1n) is 11.8. The number of pyridine rings is 2. The average molecular weight is 464 g/mol. The van der Waals surface area contributed by atoms with Gasteiger partial charge in [0, 0.05) is 40.6 Å². The molecule has 0 unspecified atom stereocenters. The van der Waals surface area contributed by atoms with Crippen LogP contribution in [0.3, 0.4) is 0 Å². The Labute approximate surface area is 207 Å². The van der Waals surface area contributed by atoms with Gasteiger partial charge in [-0.2, -0.15) is 5.10 Å². The molecule has 0 bridgehead atoms. The van der Waals surface area contributed by atoms with Crippen molar-refractivity contribution in [2.24, 2.45) is 0 Å². The molecule has 178 valence electrons. The molecule has 0 saturated carbocycles. The lowest BCUT2D eigenvalue weighted by molar-refractivity contribution is 1.06. The van der Waals surface area contributed by atoms with Gasteiger partial charge in [0.2, 0.25) is 0 Å². The summed E-state index contributed by atoms with van der Waals surface area (Å²) in [6, 6.07) is 10.1. The topological polar surface area (TPSA) is 70.2 Å². The summed E-state index contributed by atoms with van der Waals surface area (Å²) in [4.78, 5) is 12.2. The van der Waals surface area contributed by atoms with Crippen LogP contribution < -0.4 is 10.6 Å². The van der Waals surface area contributed by atoms with Crippen LogP contribution in [0, 0.1) is 13.8 Å². The number of aromatic nitrogens is 5. The van der Waals surface area contributed by atoms with Crippen molar-refractivity contribution in [2.75, 3.05) is 0 Å². The van der Waals surface area contributed by atoms with E-state index in [-0.39, 0.29) is 0 Å². The van der Waals surface area contributed by atoms with Gasteiger partial charge >= 0.3 is 0 Å².